The summed E-state index contributed by atoms with van der Waals surface area (Å²) in [7, 11) is 1.62. The third-order valence-electron chi connectivity index (χ3n) is 3.25. The lowest BCUT2D eigenvalue weighted by Gasteiger charge is -2.16. The van der Waals surface area contributed by atoms with Crippen molar-refractivity contribution < 1.29 is 14.6 Å². The molecular formula is C16H17NO3. The van der Waals surface area contributed by atoms with E-state index in [4.69, 9.17) is 10.5 Å². The van der Waals surface area contributed by atoms with Crippen LogP contribution in [0.4, 0.5) is 0 Å². The predicted octanol–water partition coefficient (Wildman–Crippen LogP) is 2.42. The van der Waals surface area contributed by atoms with Crippen molar-refractivity contribution in [2.45, 2.75) is 12.5 Å². The van der Waals surface area contributed by atoms with E-state index in [0.717, 1.165) is 11.1 Å². The van der Waals surface area contributed by atoms with E-state index in [1.54, 1.807) is 31.4 Å². The van der Waals surface area contributed by atoms with E-state index in [2.05, 4.69) is 0 Å². The SMILES string of the molecule is COC(Cc1ccccc1O)c1ccc(C(N)=O)cc1. The second-order valence-corrected chi connectivity index (χ2v) is 4.54. The Bertz CT molecular complexity index is 593. The number of amides is 1. The number of methoxy groups -OCH3 is 1. The average Bonchev–Trinajstić information content (AvgIpc) is 2.46. The number of hydrogen-bond acceptors (Lipinski definition) is 3. The van der Waals surface area contributed by atoms with Crippen LogP contribution in [0.3, 0.4) is 0 Å². The van der Waals surface area contributed by atoms with Gasteiger partial charge in [0.2, 0.25) is 5.91 Å². The maximum absolute atomic E-state index is 11.0. The van der Waals surface area contributed by atoms with Crippen molar-refractivity contribution in [3.8, 4) is 5.75 Å². The first-order chi connectivity index (χ1) is 9.61. The molecule has 2 aromatic carbocycles. The van der Waals surface area contributed by atoms with Crippen LogP contribution in [0, 0.1) is 0 Å². The van der Waals surface area contributed by atoms with Crippen LogP contribution in [0.5, 0.6) is 5.75 Å². The number of rotatable bonds is 5. The van der Waals surface area contributed by atoms with Crippen LogP contribution in [-0.2, 0) is 11.2 Å². The number of carbonyl (C=O) groups excluding carboxylic acids is 1. The quantitative estimate of drug-likeness (QED) is 0.877. The van der Waals surface area contributed by atoms with E-state index in [0.29, 0.717) is 12.0 Å². The Morgan fingerprint density at radius 3 is 2.40 bits per heavy atom. The van der Waals surface area contributed by atoms with Crippen molar-refractivity contribution in [1.82, 2.24) is 0 Å². The lowest BCUT2D eigenvalue weighted by Crippen LogP contribution is -2.11. The molecule has 0 radical (unpaired) electrons. The fraction of sp³-hybridized carbons (Fsp3) is 0.188. The Morgan fingerprint density at radius 1 is 1.20 bits per heavy atom. The normalized spacial score (nSPS) is 12.1. The van der Waals surface area contributed by atoms with Crippen LogP contribution in [0.15, 0.2) is 48.5 Å². The number of para-hydroxylation sites is 1. The summed E-state index contributed by atoms with van der Waals surface area (Å²) < 4.78 is 5.47. The molecule has 0 bridgehead atoms. The van der Waals surface area contributed by atoms with E-state index >= 15 is 0 Å². The molecule has 0 fully saturated rings. The lowest BCUT2D eigenvalue weighted by molar-refractivity contribution is 0.0996. The molecule has 0 aromatic heterocycles. The highest BCUT2D eigenvalue weighted by Gasteiger charge is 2.14. The van der Waals surface area contributed by atoms with Crippen molar-refractivity contribution >= 4 is 5.91 Å². The van der Waals surface area contributed by atoms with Gasteiger partial charge in [-0.05, 0) is 29.3 Å². The molecule has 20 heavy (non-hydrogen) atoms. The number of hydrogen-bond donors (Lipinski definition) is 2. The maximum atomic E-state index is 11.0. The fourth-order valence-electron chi connectivity index (χ4n) is 2.08. The van der Waals surface area contributed by atoms with Crippen molar-refractivity contribution in [3.63, 3.8) is 0 Å². The molecular weight excluding hydrogens is 254 g/mol. The number of ether oxygens (including phenoxy) is 1. The summed E-state index contributed by atoms with van der Waals surface area (Å²) in [5.41, 5.74) is 7.43. The Morgan fingerprint density at radius 2 is 1.85 bits per heavy atom. The van der Waals surface area contributed by atoms with Gasteiger partial charge in [0.05, 0.1) is 6.10 Å². The molecule has 3 N–H and O–H groups in total. The number of nitrogens with two attached hydrogens (primary N) is 1. The second kappa shape index (κ2) is 6.21. The summed E-state index contributed by atoms with van der Waals surface area (Å²) in [5.74, 6) is -0.200. The zero-order valence-electron chi connectivity index (χ0n) is 11.2. The molecule has 104 valence electrons. The first kappa shape index (κ1) is 14.1. The van der Waals surface area contributed by atoms with Crippen molar-refractivity contribution in [1.29, 1.82) is 0 Å². The van der Waals surface area contributed by atoms with Gasteiger partial charge in [-0.3, -0.25) is 4.79 Å². The molecule has 0 aliphatic carbocycles. The Kier molecular flexibility index (Phi) is 4.38. The van der Waals surface area contributed by atoms with Gasteiger partial charge in [-0.2, -0.15) is 0 Å². The van der Waals surface area contributed by atoms with Gasteiger partial charge in [-0.25, -0.2) is 0 Å². The summed E-state index contributed by atoms with van der Waals surface area (Å²) in [5, 5.41) is 9.80. The van der Waals surface area contributed by atoms with E-state index in [1.807, 2.05) is 24.3 Å². The zero-order valence-corrected chi connectivity index (χ0v) is 11.2. The monoisotopic (exact) mass is 271 g/mol. The van der Waals surface area contributed by atoms with Gasteiger partial charge in [0.1, 0.15) is 5.75 Å². The summed E-state index contributed by atoms with van der Waals surface area (Å²) in [4.78, 5) is 11.0. The van der Waals surface area contributed by atoms with Gasteiger partial charge in [0.15, 0.2) is 0 Å². The lowest BCUT2D eigenvalue weighted by atomic mass is 9.99. The van der Waals surface area contributed by atoms with E-state index < -0.39 is 5.91 Å². The second-order valence-electron chi connectivity index (χ2n) is 4.54. The number of aromatic hydroxyl groups is 1. The number of phenolic OH excluding ortho intramolecular Hbond substituents is 1. The first-order valence-corrected chi connectivity index (χ1v) is 6.31. The molecule has 1 atom stereocenters. The summed E-state index contributed by atoms with van der Waals surface area (Å²) >= 11 is 0. The molecule has 0 spiro atoms. The minimum absolute atomic E-state index is 0.190. The minimum atomic E-state index is -0.453. The van der Waals surface area contributed by atoms with Crippen LogP contribution in [0.25, 0.3) is 0 Å². The molecule has 0 saturated heterocycles. The van der Waals surface area contributed by atoms with Crippen molar-refractivity contribution in [2.24, 2.45) is 5.73 Å². The predicted molar refractivity (Wildman–Crippen MR) is 76.5 cm³/mol. The zero-order chi connectivity index (χ0) is 14.5. The highest BCUT2D eigenvalue weighted by Crippen LogP contribution is 2.26. The number of phenols is 1. The van der Waals surface area contributed by atoms with Crippen molar-refractivity contribution in [2.75, 3.05) is 7.11 Å². The number of carbonyl (C=O) groups is 1. The Labute approximate surface area is 117 Å². The van der Waals surface area contributed by atoms with E-state index in [-0.39, 0.29) is 11.9 Å². The summed E-state index contributed by atoms with van der Waals surface area (Å²) in [6.45, 7) is 0. The molecule has 4 heteroatoms. The van der Waals surface area contributed by atoms with Crippen LogP contribution in [-0.4, -0.2) is 18.1 Å². The first-order valence-electron chi connectivity index (χ1n) is 6.31. The molecule has 1 unspecified atom stereocenters. The van der Waals surface area contributed by atoms with Crippen LogP contribution in [0.2, 0.25) is 0 Å². The molecule has 0 aliphatic rings. The number of benzene rings is 2. The molecule has 2 aromatic rings. The molecule has 0 heterocycles. The van der Waals surface area contributed by atoms with Crippen LogP contribution >= 0.6 is 0 Å². The minimum Gasteiger partial charge on any atom is -0.508 e. The smallest absolute Gasteiger partial charge is 0.248 e. The molecule has 4 nitrogen and oxygen atoms in total. The molecule has 1 amide bonds. The third kappa shape index (κ3) is 3.16. The summed E-state index contributed by atoms with van der Waals surface area (Å²) in [6.07, 6.45) is 0.365. The molecule has 0 saturated carbocycles. The van der Waals surface area contributed by atoms with Gasteiger partial charge in [0, 0.05) is 19.1 Å². The molecule has 2 rings (SSSR count). The van der Waals surface area contributed by atoms with Crippen molar-refractivity contribution in [3.05, 3.63) is 65.2 Å². The third-order valence-corrected chi connectivity index (χ3v) is 3.25. The topological polar surface area (TPSA) is 72.6 Å². The Balaban J connectivity index is 2.20. The van der Waals surface area contributed by atoms with Gasteiger partial charge >= 0.3 is 0 Å². The van der Waals surface area contributed by atoms with Crippen LogP contribution in [0.1, 0.15) is 27.6 Å². The highest BCUT2D eigenvalue weighted by atomic mass is 16.5. The van der Waals surface area contributed by atoms with Crippen LogP contribution < -0.4 is 5.73 Å². The fourth-order valence-corrected chi connectivity index (χ4v) is 2.08. The molecule has 0 aliphatic heterocycles. The number of primary amides is 1. The maximum Gasteiger partial charge on any atom is 0.248 e. The standard InChI is InChI=1S/C16H17NO3/c1-20-15(10-13-4-2-3-5-14(13)18)11-6-8-12(9-7-11)16(17)19/h2-9,15,18H,10H2,1H3,(H2,17,19). The largest absolute Gasteiger partial charge is 0.508 e. The van der Waals surface area contributed by atoms with E-state index in [9.17, 15) is 9.90 Å². The van der Waals surface area contributed by atoms with Gasteiger partial charge < -0.3 is 15.6 Å². The summed E-state index contributed by atoms with van der Waals surface area (Å²) in [6, 6.07) is 14.1. The average molecular weight is 271 g/mol. The van der Waals surface area contributed by atoms with Gasteiger partial charge in [-0.15, -0.1) is 0 Å². The van der Waals surface area contributed by atoms with E-state index in [1.165, 1.54) is 0 Å². The Hall–Kier alpha value is -2.33. The highest BCUT2D eigenvalue weighted by molar-refractivity contribution is 5.92. The van der Waals surface area contributed by atoms with Gasteiger partial charge in [-0.1, -0.05) is 30.3 Å². The van der Waals surface area contributed by atoms with Gasteiger partial charge in [0.25, 0.3) is 0 Å².